The fourth-order valence-electron chi connectivity index (χ4n) is 7.29. The van der Waals surface area contributed by atoms with Gasteiger partial charge in [-0.05, 0) is 101 Å². The Kier molecular flexibility index (Phi) is 8.09. The number of rotatable bonds is 3. The average molecular weight is 679 g/mol. The zero-order valence-electron chi connectivity index (χ0n) is 28.2. The summed E-state index contributed by atoms with van der Waals surface area (Å²) in [4.78, 5) is 0. The van der Waals surface area contributed by atoms with Crippen molar-refractivity contribution in [2.75, 3.05) is 0 Å². The number of benzene rings is 9. The van der Waals surface area contributed by atoms with Crippen LogP contribution in [0.1, 0.15) is 5.56 Å². The monoisotopic (exact) mass is 678 g/mol. The van der Waals surface area contributed by atoms with Crippen LogP contribution in [0.15, 0.2) is 158 Å². The lowest BCUT2D eigenvalue weighted by molar-refractivity contribution is 0.328. The van der Waals surface area contributed by atoms with Gasteiger partial charge in [-0.25, -0.2) is 0 Å². The van der Waals surface area contributed by atoms with Gasteiger partial charge in [0.15, 0.2) is 11.5 Å². The first kappa shape index (κ1) is 32.2. The molecule has 0 aliphatic carbocycles. The second-order valence-electron chi connectivity index (χ2n) is 12.9. The SMILES string of the molecule is Cc1c2ccccc2c(-c2ccc3cccc(-c4cccc(-c5cccc6ccccc56)c4)c3c2)c2ccccc12.Oc1cc(O)c(O)c(O)c1O. The van der Waals surface area contributed by atoms with E-state index in [4.69, 9.17) is 25.5 Å². The van der Waals surface area contributed by atoms with E-state index in [0.29, 0.717) is 6.07 Å². The molecular weight excluding hydrogens is 645 g/mol. The molecule has 0 amide bonds. The van der Waals surface area contributed by atoms with Crippen molar-refractivity contribution in [3.05, 3.63) is 163 Å². The van der Waals surface area contributed by atoms with E-state index in [1.807, 2.05) is 0 Å². The molecule has 52 heavy (non-hydrogen) atoms. The number of aromatic hydroxyl groups is 5. The summed E-state index contributed by atoms with van der Waals surface area (Å²) >= 11 is 0. The molecule has 0 aliphatic heterocycles. The third kappa shape index (κ3) is 5.55. The van der Waals surface area contributed by atoms with Gasteiger partial charge >= 0.3 is 0 Å². The smallest absolute Gasteiger partial charge is 0.208 e. The minimum atomic E-state index is -0.942. The summed E-state index contributed by atoms with van der Waals surface area (Å²) in [5.41, 5.74) is 8.90. The highest BCUT2D eigenvalue weighted by atomic mass is 16.4. The third-order valence-corrected chi connectivity index (χ3v) is 9.85. The Bertz CT molecular complexity index is 2730. The zero-order chi connectivity index (χ0) is 35.9. The van der Waals surface area contributed by atoms with E-state index in [1.165, 1.54) is 82.0 Å². The van der Waals surface area contributed by atoms with E-state index < -0.39 is 28.7 Å². The van der Waals surface area contributed by atoms with Crippen LogP contribution in [0, 0.1) is 6.92 Å². The molecule has 5 heteroatoms. The van der Waals surface area contributed by atoms with Crippen LogP contribution in [0.2, 0.25) is 0 Å². The first-order valence-corrected chi connectivity index (χ1v) is 17.0. The van der Waals surface area contributed by atoms with Gasteiger partial charge in [0, 0.05) is 6.07 Å². The van der Waals surface area contributed by atoms with E-state index in [9.17, 15) is 0 Å². The molecule has 0 fully saturated rings. The molecule has 5 nitrogen and oxygen atoms in total. The van der Waals surface area contributed by atoms with Gasteiger partial charge in [0.2, 0.25) is 17.2 Å². The normalized spacial score (nSPS) is 11.2. The first-order valence-electron chi connectivity index (χ1n) is 17.0. The predicted octanol–water partition coefficient (Wildman–Crippen LogP) is 11.8. The fourth-order valence-corrected chi connectivity index (χ4v) is 7.29. The number of hydrogen-bond acceptors (Lipinski definition) is 5. The van der Waals surface area contributed by atoms with Crippen LogP contribution < -0.4 is 0 Å². The molecule has 0 saturated heterocycles. The van der Waals surface area contributed by atoms with E-state index >= 15 is 0 Å². The van der Waals surface area contributed by atoms with Crippen molar-refractivity contribution in [2.24, 2.45) is 0 Å². The molecule has 0 bridgehead atoms. The van der Waals surface area contributed by atoms with Crippen LogP contribution in [-0.2, 0) is 0 Å². The lowest BCUT2D eigenvalue weighted by Gasteiger charge is -2.16. The molecule has 0 atom stereocenters. The van der Waals surface area contributed by atoms with E-state index in [0.717, 1.165) is 0 Å². The maximum atomic E-state index is 8.75. The Hall–Kier alpha value is -6.98. The Labute approximate surface area is 300 Å². The van der Waals surface area contributed by atoms with Crippen molar-refractivity contribution in [3.8, 4) is 62.1 Å². The molecule has 0 aliphatic rings. The van der Waals surface area contributed by atoms with Crippen molar-refractivity contribution in [1.29, 1.82) is 0 Å². The van der Waals surface area contributed by atoms with Gasteiger partial charge in [-0.2, -0.15) is 0 Å². The molecule has 5 N–H and O–H groups in total. The van der Waals surface area contributed by atoms with Crippen LogP contribution in [0.4, 0.5) is 0 Å². The summed E-state index contributed by atoms with van der Waals surface area (Å²) < 4.78 is 0. The fraction of sp³-hybridized carbons (Fsp3) is 0.0213. The number of hydrogen-bond donors (Lipinski definition) is 5. The lowest BCUT2D eigenvalue weighted by Crippen LogP contribution is -1.90. The number of aryl methyl sites for hydroxylation is 1. The van der Waals surface area contributed by atoms with Gasteiger partial charge in [0.05, 0.1) is 0 Å². The summed E-state index contributed by atoms with van der Waals surface area (Å²) in [5, 5.41) is 54.0. The molecule has 0 spiro atoms. The Morgan fingerprint density at radius 2 is 0.788 bits per heavy atom. The van der Waals surface area contributed by atoms with Crippen molar-refractivity contribution in [3.63, 3.8) is 0 Å². The van der Waals surface area contributed by atoms with Gasteiger partial charge in [-0.1, -0.05) is 140 Å². The summed E-state index contributed by atoms with van der Waals surface area (Å²) in [6, 6.07) is 56.3. The largest absolute Gasteiger partial charge is 0.504 e. The first-order chi connectivity index (χ1) is 25.3. The average Bonchev–Trinajstić information content (AvgIpc) is 3.19. The minimum Gasteiger partial charge on any atom is -0.504 e. The maximum absolute atomic E-state index is 8.75. The number of phenols is 5. The highest BCUT2D eigenvalue weighted by Crippen LogP contribution is 2.47. The minimum absolute atomic E-state index is 0.696. The summed E-state index contributed by atoms with van der Waals surface area (Å²) in [6.45, 7) is 2.25. The van der Waals surface area contributed by atoms with Crippen molar-refractivity contribution in [1.82, 2.24) is 0 Å². The van der Waals surface area contributed by atoms with Crippen LogP contribution >= 0.6 is 0 Å². The summed E-state index contributed by atoms with van der Waals surface area (Å²) in [6.07, 6.45) is 0. The summed E-state index contributed by atoms with van der Waals surface area (Å²) in [5.74, 6) is -4.06. The van der Waals surface area contributed by atoms with Crippen LogP contribution in [0.3, 0.4) is 0 Å². The second-order valence-corrected chi connectivity index (χ2v) is 12.9. The Morgan fingerprint density at radius 1 is 0.327 bits per heavy atom. The standard InChI is InChI=1S/C41H28.C6H6O5/c1-27-33-16-4-6-19-38(33)41(39-20-7-5-17-34(27)39)32-24-23-29-13-10-22-37(40(29)26-32)31-15-8-14-30(25-31)36-21-9-12-28-11-2-3-18-35(28)36;7-2-1-3(8)5(10)6(11)4(2)9/h2-26H,1H3;1,7-11H. The van der Waals surface area contributed by atoms with Crippen LogP contribution in [-0.4, -0.2) is 25.5 Å². The van der Waals surface area contributed by atoms with Crippen molar-refractivity contribution < 1.29 is 25.5 Å². The number of fused-ring (bicyclic) bond motifs is 4. The lowest BCUT2D eigenvalue weighted by atomic mass is 9.87. The van der Waals surface area contributed by atoms with E-state index in [1.54, 1.807) is 0 Å². The topological polar surface area (TPSA) is 101 Å². The molecular formula is C47H34O5. The van der Waals surface area contributed by atoms with Crippen LogP contribution in [0.25, 0.3) is 76.5 Å². The van der Waals surface area contributed by atoms with Crippen LogP contribution in [0.5, 0.6) is 28.7 Å². The number of phenolic OH excluding ortho intramolecular Hbond substituents is 5. The molecule has 252 valence electrons. The second kappa shape index (κ2) is 13.0. The molecule has 0 saturated carbocycles. The Balaban J connectivity index is 0.000000304. The van der Waals surface area contributed by atoms with Crippen molar-refractivity contribution >= 4 is 43.1 Å². The van der Waals surface area contributed by atoms with Gasteiger partial charge in [-0.15, -0.1) is 0 Å². The zero-order valence-corrected chi connectivity index (χ0v) is 28.2. The van der Waals surface area contributed by atoms with E-state index in [2.05, 4.69) is 159 Å². The van der Waals surface area contributed by atoms with Gasteiger partial charge in [0.1, 0.15) is 0 Å². The van der Waals surface area contributed by atoms with E-state index in [-0.39, 0.29) is 0 Å². The predicted molar refractivity (Wildman–Crippen MR) is 212 cm³/mol. The molecule has 0 aromatic heterocycles. The molecule has 9 aromatic rings. The highest BCUT2D eigenvalue weighted by Gasteiger charge is 2.16. The molecule has 0 unspecified atom stereocenters. The van der Waals surface area contributed by atoms with Gasteiger partial charge in [0.25, 0.3) is 0 Å². The molecule has 9 rings (SSSR count). The molecule has 0 radical (unpaired) electrons. The van der Waals surface area contributed by atoms with Crippen molar-refractivity contribution in [2.45, 2.75) is 6.92 Å². The summed E-state index contributed by atoms with van der Waals surface area (Å²) in [7, 11) is 0. The molecule has 0 heterocycles. The van der Waals surface area contributed by atoms with Gasteiger partial charge < -0.3 is 25.5 Å². The maximum Gasteiger partial charge on any atom is 0.208 e. The quantitative estimate of drug-likeness (QED) is 0.0727. The Morgan fingerprint density at radius 3 is 1.38 bits per heavy atom. The highest BCUT2D eigenvalue weighted by molar-refractivity contribution is 6.16. The third-order valence-electron chi connectivity index (χ3n) is 9.85. The molecule has 9 aromatic carbocycles. The van der Waals surface area contributed by atoms with Gasteiger partial charge in [-0.3, -0.25) is 0 Å².